The number of aromatic nitrogens is 2. The van der Waals surface area contributed by atoms with Gasteiger partial charge in [-0.3, -0.25) is 0 Å². The number of carbonyl (C=O) groups excluding carboxylic acids is 1. The molecule has 0 saturated carbocycles. The van der Waals surface area contributed by atoms with Gasteiger partial charge in [0.1, 0.15) is 5.75 Å². The third-order valence-electron chi connectivity index (χ3n) is 1.69. The Morgan fingerprint density at radius 1 is 1.33 bits per heavy atom. The normalized spacial score (nSPS) is 9.93. The van der Waals surface area contributed by atoms with Gasteiger partial charge in [0.15, 0.2) is 0 Å². The standard InChI is InChI=1S/C10H7IN2O2/c11-8-6-12-13(7-8)10(14)15-9-4-2-1-3-5-9/h1-7H. The molecule has 0 saturated heterocycles. The first-order valence-corrected chi connectivity index (χ1v) is 5.31. The summed E-state index contributed by atoms with van der Waals surface area (Å²) in [4.78, 5) is 11.5. The van der Waals surface area contributed by atoms with Crippen molar-refractivity contribution in [1.82, 2.24) is 9.78 Å². The number of carbonyl (C=O) groups is 1. The van der Waals surface area contributed by atoms with E-state index in [0.29, 0.717) is 5.75 Å². The number of benzene rings is 1. The van der Waals surface area contributed by atoms with Crippen molar-refractivity contribution in [2.45, 2.75) is 0 Å². The molecule has 0 bridgehead atoms. The van der Waals surface area contributed by atoms with Crippen LogP contribution in [0.3, 0.4) is 0 Å². The molecule has 0 amide bonds. The van der Waals surface area contributed by atoms with E-state index in [2.05, 4.69) is 27.7 Å². The van der Waals surface area contributed by atoms with E-state index in [1.54, 1.807) is 36.7 Å². The molecule has 0 aliphatic rings. The highest BCUT2D eigenvalue weighted by Crippen LogP contribution is 2.10. The molecule has 1 aromatic carbocycles. The molecule has 2 aromatic rings. The van der Waals surface area contributed by atoms with E-state index in [-0.39, 0.29) is 0 Å². The summed E-state index contributed by atoms with van der Waals surface area (Å²) in [6, 6.07) is 8.89. The van der Waals surface area contributed by atoms with Crippen molar-refractivity contribution in [1.29, 1.82) is 0 Å². The van der Waals surface area contributed by atoms with Gasteiger partial charge in [-0.15, -0.1) is 0 Å². The van der Waals surface area contributed by atoms with Gasteiger partial charge in [-0.1, -0.05) is 18.2 Å². The number of hydrogen-bond donors (Lipinski definition) is 0. The fourth-order valence-corrected chi connectivity index (χ4v) is 1.43. The van der Waals surface area contributed by atoms with E-state index in [1.807, 2.05) is 6.07 Å². The van der Waals surface area contributed by atoms with Crippen LogP contribution in [0.25, 0.3) is 0 Å². The number of ether oxygens (including phenoxy) is 1. The van der Waals surface area contributed by atoms with Crippen molar-refractivity contribution in [2.24, 2.45) is 0 Å². The van der Waals surface area contributed by atoms with Crippen LogP contribution in [-0.4, -0.2) is 15.9 Å². The van der Waals surface area contributed by atoms with Crippen LogP contribution in [0.2, 0.25) is 0 Å². The Labute approximate surface area is 100.0 Å². The maximum atomic E-state index is 11.5. The Balaban J connectivity index is 2.11. The Hall–Kier alpha value is -1.37. The quantitative estimate of drug-likeness (QED) is 0.760. The van der Waals surface area contributed by atoms with E-state index < -0.39 is 6.09 Å². The van der Waals surface area contributed by atoms with Gasteiger partial charge in [0, 0.05) is 0 Å². The van der Waals surface area contributed by atoms with E-state index in [0.717, 1.165) is 8.25 Å². The molecule has 1 aromatic heterocycles. The largest absolute Gasteiger partial charge is 0.440 e. The lowest BCUT2D eigenvalue weighted by molar-refractivity contribution is 0.198. The molecule has 15 heavy (non-hydrogen) atoms. The highest BCUT2D eigenvalue weighted by atomic mass is 127. The Morgan fingerprint density at radius 2 is 2.07 bits per heavy atom. The molecule has 4 nitrogen and oxygen atoms in total. The number of rotatable bonds is 1. The summed E-state index contributed by atoms with van der Waals surface area (Å²) in [5, 5.41) is 3.85. The summed E-state index contributed by atoms with van der Waals surface area (Å²) in [6.07, 6.45) is 2.68. The number of nitrogens with zero attached hydrogens (tertiary/aromatic N) is 2. The summed E-state index contributed by atoms with van der Waals surface area (Å²) in [7, 11) is 0. The second-order valence-corrected chi connectivity index (χ2v) is 4.03. The highest BCUT2D eigenvalue weighted by molar-refractivity contribution is 14.1. The van der Waals surface area contributed by atoms with Crippen molar-refractivity contribution in [3.05, 3.63) is 46.3 Å². The second kappa shape index (κ2) is 4.43. The lowest BCUT2D eigenvalue weighted by Gasteiger charge is -2.02. The zero-order valence-electron chi connectivity index (χ0n) is 7.63. The topological polar surface area (TPSA) is 44.1 Å². The number of hydrogen-bond acceptors (Lipinski definition) is 3. The van der Waals surface area contributed by atoms with Crippen LogP contribution in [0.15, 0.2) is 42.7 Å². The van der Waals surface area contributed by atoms with E-state index in [4.69, 9.17) is 4.74 Å². The summed E-state index contributed by atoms with van der Waals surface area (Å²) in [6.45, 7) is 0. The maximum absolute atomic E-state index is 11.5. The molecule has 0 unspecified atom stereocenters. The Kier molecular flexibility index (Phi) is 3.00. The molecular weight excluding hydrogens is 307 g/mol. The first-order chi connectivity index (χ1) is 7.25. The van der Waals surface area contributed by atoms with Crippen LogP contribution >= 0.6 is 22.6 Å². The fraction of sp³-hybridized carbons (Fsp3) is 0. The molecule has 0 fully saturated rings. The molecule has 0 radical (unpaired) electrons. The van der Waals surface area contributed by atoms with Crippen LogP contribution in [0.4, 0.5) is 4.79 Å². The van der Waals surface area contributed by atoms with Gasteiger partial charge in [-0.25, -0.2) is 4.79 Å². The average Bonchev–Trinajstić information content (AvgIpc) is 2.66. The van der Waals surface area contributed by atoms with Crippen molar-refractivity contribution < 1.29 is 9.53 Å². The monoisotopic (exact) mass is 314 g/mol. The Bertz CT molecular complexity index is 467. The van der Waals surface area contributed by atoms with E-state index in [1.165, 1.54) is 0 Å². The summed E-state index contributed by atoms with van der Waals surface area (Å²) in [5.41, 5.74) is 0. The van der Waals surface area contributed by atoms with Crippen LogP contribution in [0, 0.1) is 3.57 Å². The van der Waals surface area contributed by atoms with Crippen molar-refractivity contribution in [3.8, 4) is 5.75 Å². The fourth-order valence-electron chi connectivity index (χ4n) is 1.04. The smallest absolute Gasteiger partial charge is 0.409 e. The summed E-state index contributed by atoms with van der Waals surface area (Å²) >= 11 is 2.07. The molecule has 5 heteroatoms. The SMILES string of the molecule is O=C(Oc1ccccc1)n1cc(I)cn1. The lowest BCUT2D eigenvalue weighted by atomic mass is 10.3. The van der Waals surface area contributed by atoms with E-state index in [9.17, 15) is 4.79 Å². The van der Waals surface area contributed by atoms with Crippen molar-refractivity contribution in [2.75, 3.05) is 0 Å². The van der Waals surface area contributed by atoms with Crippen LogP contribution in [0.1, 0.15) is 0 Å². The van der Waals surface area contributed by atoms with E-state index >= 15 is 0 Å². The highest BCUT2D eigenvalue weighted by Gasteiger charge is 2.08. The third kappa shape index (κ3) is 2.56. The minimum Gasteiger partial charge on any atom is -0.409 e. The minimum atomic E-state index is -0.510. The molecule has 0 aliphatic carbocycles. The predicted octanol–water partition coefficient (Wildman–Crippen LogP) is 2.53. The molecule has 1 heterocycles. The Morgan fingerprint density at radius 3 is 2.67 bits per heavy atom. The molecular formula is C10H7IN2O2. The van der Waals surface area contributed by atoms with Gasteiger partial charge in [0.2, 0.25) is 0 Å². The summed E-state index contributed by atoms with van der Waals surface area (Å²) < 4.78 is 7.12. The minimum absolute atomic E-state index is 0.507. The number of para-hydroxylation sites is 1. The predicted molar refractivity (Wildman–Crippen MR) is 62.8 cm³/mol. The average molecular weight is 314 g/mol. The van der Waals surface area contributed by atoms with Crippen LogP contribution in [-0.2, 0) is 0 Å². The second-order valence-electron chi connectivity index (χ2n) is 2.78. The van der Waals surface area contributed by atoms with Crippen LogP contribution < -0.4 is 4.74 Å². The number of halogens is 1. The lowest BCUT2D eigenvalue weighted by Crippen LogP contribution is -2.16. The van der Waals surface area contributed by atoms with Crippen molar-refractivity contribution >= 4 is 28.7 Å². The molecule has 2 rings (SSSR count). The molecule has 0 N–H and O–H groups in total. The van der Waals surface area contributed by atoms with Gasteiger partial charge in [0.25, 0.3) is 0 Å². The van der Waals surface area contributed by atoms with Gasteiger partial charge in [-0.05, 0) is 34.7 Å². The van der Waals surface area contributed by atoms with Gasteiger partial charge < -0.3 is 4.74 Å². The van der Waals surface area contributed by atoms with Crippen LogP contribution in [0.5, 0.6) is 5.75 Å². The summed E-state index contributed by atoms with van der Waals surface area (Å²) in [5.74, 6) is 0.507. The van der Waals surface area contributed by atoms with Gasteiger partial charge >= 0.3 is 6.09 Å². The van der Waals surface area contributed by atoms with Crippen molar-refractivity contribution in [3.63, 3.8) is 0 Å². The first kappa shape index (κ1) is 10.2. The first-order valence-electron chi connectivity index (χ1n) is 4.23. The van der Waals surface area contributed by atoms with Gasteiger partial charge in [0.05, 0.1) is 16.0 Å². The molecule has 0 atom stereocenters. The van der Waals surface area contributed by atoms with Gasteiger partial charge in [-0.2, -0.15) is 9.78 Å². The molecule has 0 spiro atoms. The zero-order chi connectivity index (χ0) is 10.7. The molecule has 76 valence electrons. The zero-order valence-corrected chi connectivity index (χ0v) is 9.79. The molecule has 0 aliphatic heterocycles. The third-order valence-corrected chi connectivity index (χ3v) is 2.24. The maximum Gasteiger partial charge on any atom is 0.440 e.